The predicted octanol–water partition coefficient (Wildman–Crippen LogP) is 4.67. The van der Waals surface area contributed by atoms with Crippen molar-refractivity contribution in [2.45, 2.75) is 26.8 Å². The summed E-state index contributed by atoms with van der Waals surface area (Å²) in [4.78, 5) is 50.4. The minimum absolute atomic E-state index is 0.00635. The fraction of sp³-hybridized carbons (Fsp3) is 0.269. The van der Waals surface area contributed by atoms with Gasteiger partial charge in [-0.05, 0) is 26.8 Å². The molecule has 1 N–H and O–H groups in total. The van der Waals surface area contributed by atoms with Crippen LogP contribution in [0.4, 0.5) is 5.13 Å². The molecule has 0 bridgehead atoms. The molecule has 3 heterocycles. The lowest BCUT2D eigenvalue weighted by Gasteiger charge is -2.26. The third-order valence-electron chi connectivity index (χ3n) is 5.80. The molecular formula is C26H25N3O7S2. The number of carbonyl (C=O) groups is 3. The lowest BCUT2D eigenvalue weighted by Crippen LogP contribution is -2.31. The van der Waals surface area contributed by atoms with Gasteiger partial charge in [0.2, 0.25) is 5.78 Å². The molecule has 1 aliphatic heterocycles. The lowest BCUT2D eigenvalue weighted by atomic mass is 9.94. The van der Waals surface area contributed by atoms with Gasteiger partial charge in [-0.25, -0.2) is 14.8 Å². The molecule has 4 rings (SSSR count). The number of rotatable bonds is 9. The first-order valence-electron chi connectivity index (χ1n) is 11.4. The number of para-hydroxylation sites is 1. The van der Waals surface area contributed by atoms with Gasteiger partial charge in [0.25, 0.3) is 5.91 Å². The molecule has 1 unspecified atom stereocenters. The molecule has 1 amide bonds. The van der Waals surface area contributed by atoms with E-state index in [9.17, 15) is 19.5 Å². The summed E-state index contributed by atoms with van der Waals surface area (Å²) in [6.45, 7) is 8.60. The molecule has 1 aliphatic rings. The van der Waals surface area contributed by atoms with Crippen LogP contribution in [-0.4, -0.2) is 53.6 Å². The Kier molecular flexibility index (Phi) is 7.65. The number of anilines is 1. The molecule has 0 aliphatic carbocycles. The van der Waals surface area contributed by atoms with Crippen LogP contribution in [-0.2, 0) is 9.53 Å². The number of aryl methyl sites for hydroxylation is 3. The maximum Gasteiger partial charge on any atom is 0.350 e. The van der Waals surface area contributed by atoms with Crippen molar-refractivity contribution in [2.75, 3.05) is 25.7 Å². The number of amides is 1. The Balaban J connectivity index is 1.92. The molecule has 0 spiro atoms. The first kappa shape index (κ1) is 27.0. The van der Waals surface area contributed by atoms with Crippen LogP contribution in [0.15, 0.2) is 42.2 Å². The first-order valence-corrected chi connectivity index (χ1v) is 13.0. The van der Waals surface area contributed by atoms with Crippen molar-refractivity contribution in [1.29, 1.82) is 0 Å². The Labute approximate surface area is 226 Å². The molecule has 0 radical (unpaired) electrons. The molecule has 1 atom stereocenters. The summed E-state index contributed by atoms with van der Waals surface area (Å²) >= 11 is 2.08. The highest BCUT2D eigenvalue weighted by Gasteiger charge is 2.48. The maximum absolute atomic E-state index is 13.9. The number of ketones is 1. The van der Waals surface area contributed by atoms with Crippen LogP contribution in [0.1, 0.15) is 47.3 Å². The average Bonchev–Trinajstić information content (AvgIpc) is 3.53. The Morgan fingerprint density at radius 3 is 2.42 bits per heavy atom. The van der Waals surface area contributed by atoms with Crippen molar-refractivity contribution >= 4 is 45.5 Å². The minimum Gasteiger partial charge on any atom is -0.503 e. The number of aliphatic hydroxyl groups excluding tert-OH is 1. The van der Waals surface area contributed by atoms with Crippen LogP contribution in [0.2, 0.25) is 0 Å². The second-order valence-electron chi connectivity index (χ2n) is 8.20. The highest BCUT2D eigenvalue weighted by Crippen LogP contribution is 2.48. The molecule has 12 heteroatoms. The van der Waals surface area contributed by atoms with E-state index in [-0.39, 0.29) is 27.9 Å². The third-order valence-corrected chi connectivity index (χ3v) is 8.01. The number of Topliss-reactive ketones (excluding diaryl/α,β-unsaturated/α-hetero) is 1. The van der Waals surface area contributed by atoms with Gasteiger partial charge >= 0.3 is 5.97 Å². The molecular weight excluding hydrogens is 530 g/mol. The van der Waals surface area contributed by atoms with E-state index >= 15 is 0 Å². The number of esters is 1. The number of benzene rings is 1. The van der Waals surface area contributed by atoms with E-state index in [1.165, 1.54) is 36.5 Å². The number of carbonyl (C=O) groups excluding carboxylic acids is 3. The molecule has 0 saturated carbocycles. The quantitative estimate of drug-likeness (QED) is 0.228. The number of hydrogen-bond acceptors (Lipinski definition) is 11. The van der Waals surface area contributed by atoms with E-state index in [2.05, 4.69) is 16.5 Å². The van der Waals surface area contributed by atoms with Gasteiger partial charge in [-0.3, -0.25) is 14.5 Å². The van der Waals surface area contributed by atoms with Crippen LogP contribution >= 0.6 is 22.7 Å². The fourth-order valence-electron chi connectivity index (χ4n) is 4.20. The largest absolute Gasteiger partial charge is 0.503 e. The topological polar surface area (TPSA) is 128 Å². The molecule has 10 nitrogen and oxygen atoms in total. The normalized spacial score (nSPS) is 15.1. The summed E-state index contributed by atoms with van der Waals surface area (Å²) in [5, 5.41) is 11.9. The van der Waals surface area contributed by atoms with Crippen molar-refractivity contribution in [2.24, 2.45) is 0 Å². The second kappa shape index (κ2) is 10.8. The first-order chi connectivity index (χ1) is 18.1. The molecule has 2 aromatic heterocycles. The SMILES string of the molecule is C=CCOC(=O)c1sc(N2C(=O)C(O)=C(C(=O)c3sc(C)nc3C)C2c2cccc(OC)c2OC)nc1C. The van der Waals surface area contributed by atoms with Crippen LogP contribution in [0.5, 0.6) is 11.5 Å². The van der Waals surface area contributed by atoms with Crippen molar-refractivity contribution in [3.8, 4) is 11.5 Å². The zero-order valence-electron chi connectivity index (χ0n) is 21.4. The molecule has 3 aromatic rings. The summed E-state index contributed by atoms with van der Waals surface area (Å²) in [6.07, 6.45) is 1.44. The smallest absolute Gasteiger partial charge is 0.350 e. The number of thiazole rings is 2. The van der Waals surface area contributed by atoms with Crippen molar-refractivity contribution in [3.05, 3.63) is 73.9 Å². The highest BCUT2D eigenvalue weighted by atomic mass is 32.1. The Morgan fingerprint density at radius 1 is 1.11 bits per heavy atom. The molecule has 1 aromatic carbocycles. The highest BCUT2D eigenvalue weighted by molar-refractivity contribution is 7.17. The lowest BCUT2D eigenvalue weighted by molar-refractivity contribution is -0.117. The number of aliphatic hydroxyl groups is 1. The maximum atomic E-state index is 13.9. The Hall–Kier alpha value is -4.03. The van der Waals surface area contributed by atoms with Gasteiger partial charge in [-0.2, -0.15) is 0 Å². The molecule has 0 fully saturated rings. The van der Waals surface area contributed by atoms with E-state index in [0.29, 0.717) is 32.6 Å². The number of hydrogen-bond donors (Lipinski definition) is 1. The fourth-order valence-corrected chi connectivity index (χ4v) is 6.06. The number of methoxy groups -OCH3 is 2. The zero-order chi connectivity index (χ0) is 27.7. The summed E-state index contributed by atoms with van der Waals surface area (Å²) in [6, 6.07) is 3.89. The van der Waals surface area contributed by atoms with E-state index in [0.717, 1.165) is 11.3 Å². The third kappa shape index (κ3) is 4.56. The molecule has 0 saturated heterocycles. The Bertz CT molecular complexity index is 1490. The number of ether oxygens (including phenoxy) is 3. The molecule has 198 valence electrons. The van der Waals surface area contributed by atoms with Crippen LogP contribution in [0.25, 0.3) is 0 Å². The Morgan fingerprint density at radius 2 is 1.82 bits per heavy atom. The van der Waals surface area contributed by atoms with Gasteiger partial charge < -0.3 is 19.3 Å². The van der Waals surface area contributed by atoms with Crippen molar-refractivity contribution in [3.63, 3.8) is 0 Å². The monoisotopic (exact) mass is 555 g/mol. The summed E-state index contributed by atoms with van der Waals surface area (Å²) in [5.74, 6) is -2.10. The van der Waals surface area contributed by atoms with E-state index in [1.54, 1.807) is 39.0 Å². The van der Waals surface area contributed by atoms with Gasteiger partial charge in [0.05, 0.1) is 41.1 Å². The van der Waals surface area contributed by atoms with Crippen molar-refractivity contribution < 1.29 is 33.7 Å². The van der Waals surface area contributed by atoms with E-state index in [4.69, 9.17) is 14.2 Å². The van der Waals surface area contributed by atoms with E-state index < -0.39 is 29.5 Å². The number of nitrogens with zero attached hydrogens (tertiary/aromatic N) is 3. The summed E-state index contributed by atoms with van der Waals surface area (Å²) < 4.78 is 16.2. The number of aromatic nitrogens is 2. The van der Waals surface area contributed by atoms with Gasteiger partial charge in [0, 0.05) is 5.56 Å². The van der Waals surface area contributed by atoms with Crippen LogP contribution < -0.4 is 14.4 Å². The van der Waals surface area contributed by atoms with Crippen molar-refractivity contribution in [1.82, 2.24) is 9.97 Å². The molecule has 38 heavy (non-hydrogen) atoms. The van der Waals surface area contributed by atoms with Crippen LogP contribution in [0, 0.1) is 20.8 Å². The van der Waals surface area contributed by atoms with Gasteiger partial charge in [-0.15, -0.1) is 11.3 Å². The van der Waals surface area contributed by atoms with Gasteiger partial charge in [0.1, 0.15) is 17.5 Å². The average molecular weight is 556 g/mol. The van der Waals surface area contributed by atoms with Gasteiger partial charge in [0.15, 0.2) is 22.4 Å². The van der Waals surface area contributed by atoms with E-state index in [1.807, 2.05) is 0 Å². The van der Waals surface area contributed by atoms with Gasteiger partial charge in [-0.1, -0.05) is 36.1 Å². The van der Waals surface area contributed by atoms with Crippen LogP contribution in [0.3, 0.4) is 0 Å². The summed E-state index contributed by atoms with van der Waals surface area (Å²) in [7, 11) is 2.90. The minimum atomic E-state index is -1.13. The second-order valence-corrected chi connectivity index (χ2v) is 10.4. The predicted molar refractivity (Wildman–Crippen MR) is 143 cm³/mol. The standard InChI is InChI=1S/C26H25N3O7S2/c1-7-11-36-25(33)23-13(3)28-26(38-23)29-18(15-9-8-10-16(34-5)21(15)35-6)17(20(31)24(29)32)19(30)22-12(2)27-14(4)37-22/h7-10,18,31H,1,11H2,2-6H3. The zero-order valence-corrected chi connectivity index (χ0v) is 23.0. The summed E-state index contributed by atoms with van der Waals surface area (Å²) in [5.41, 5.74) is 1.04.